The number of ketones is 1. The quantitative estimate of drug-likeness (QED) is 0.642. The maximum atomic E-state index is 13.1. The van der Waals surface area contributed by atoms with Gasteiger partial charge in [0.15, 0.2) is 0 Å². The van der Waals surface area contributed by atoms with Crippen LogP contribution < -0.4 is 10.6 Å². The van der Waals surface area contributed by atoms with Crippen LogP contribution in [0.1, 0.15) is 54.9 Å². The number of carbonyl (C=O) groups is 1. The van der Waals surface area contributed by atoms with Crippen molar-refractivity contribution in [3.05, 3.63) is 47.0 Å². The first-order valence-corrected chi connectivity index (χ1v) is 11.5. The summed E-state index contributed by atoms with van der Waals surface area (Å²) in [6, 6.07) is 12.3. The number of nitriles is 1. The number of likely N-dealkylation sites (N-methyl/N-ethyl adjacent to an activating group) is 1. The first-order valence-electron chi connectivity index (χ1n) is 10.6. The molecule has 150 valence electrons. The van der Waals surface area contributed by atoms with E-state index in [1.165, 1.54) is 37.0 Å². The molecule has 0 radical (unpaired) electrons. The molecule has 29 heavy (non-hydrogen) atoms. The van der Waals surface area contributed by atoms with Gasteiger partial charge in [0, 0.05) is 39.7 Å². The SMILES string of the molecule is CCNCCNC1=C(C#N)C(=O)c2cccc3c(SC4CCCCC4)ccc1c23. The van der Waals surface area contributed by atoms with E-state index in [0.717, 1.165) is 29.4 Å². The van der Waals surface area contributed by atoms with Gasteiger partial charge in [0.25, 0.3) is 0 Å². The van der Waals surface area contributed by atoms with Crippen molar-refractivity contribution in [2.75, 3.05) is 19.6 Å². The second-order valence-corrected chi connectivity index (χ2v) is 9.03. The zero-order valence-electron chi connectivity index (χ0n) is 16.9. The Hall–Kier alpha value is -2.29. The van der Waals surface area contributed by atoms with E-state index in [2.05, 4.69) is 41.8 Å². The summed E-state index contributed by atoms with van der Waals surface area (Å²) in [7, 11) is 0. The molecule has 4 rings (SSSR count). The van der Waals surface area contributed by atoms with Crippen molar-refractivity contribution in [1.82, 2.24) is 10.6 Å². The number of Topliss-reactive ketones (excluding diaryl/α,β-unsaturated/α-hetero) is 1. The largest absolute Gasteiger partial charge is 0.382 e. The van der Waals surface area contributed by atoms with Crippen LogP contribution >= 0.6 is 11.8 Å². The van der Waals surface area contributed by atoms with Crippen LogP contribution in [0.2, 0.25) is 0 Å². The van der Waals surface area contributed by atoms with Gasteiger partial charge in [-0.1, -0.05) is 50.5 Å². The molecule has 2 aliphatic carbocycles. The standard InChI is InChI=1S/C24H27N3OS/c1-2-26-13-14-27-23-18-11-12-21(29-16-7-4-3-5-8-16)17-9-6-10-19(22(17)18)24(28)20(23)15-25/h6,9-12,16,26-27H,2-5,7-8,13-14H2,1H3. The van der Waals surface area contributed by atoms with Gasteiger partial charge in [0.1, 0.15) is 11.6 Å². The van der Waals surface area contributed by atoms with Crippen LogP contribution in [0.4, 0.5) is 0 Å². The fourth-order valence-corrected chi connectivity index (χ4v) is 5.74. The summed E-state index contributed by atoms with van der Waals surface area (Å²) in [4.78, 5) is 14.3. The van der Waals surface area contributed by atoms with Gasteiger partial charge in [-0.05, 0) is 30.8 Å². The summed E-state index contributed by atoms with van der Waals surface area (Å²) in [5, 5.41) is 19.1. The average molecular weight is 406 g/mol. The van der Waals surface area contributed by atoms with E-state index in [1.807, 2.05) is 23.9 Å². The second-order valence-electron chi connectivity index (χ2n) is 7.69. The predicted molar refractivity (Wildman–Crippen MR) is 120 cm³/mol. The maximum Gasteiger partial charge on any atom is 0.206 e. The molecule has 2 aromatic carbocycles. The molecule has 5 heteroatoms. The Labute approximate surface area is 176 Å². The highest BCUT2D eigenvalue weighted by atomic mass is 32.2. The van der Waals surface area contributed by atoms with Crippen LogP contribution in [-0.4, -0.2) is 30.7 Å². The van der Waals surface area contributed by atoms with E-state index in [1.54, 1.807) is 0 Å². The summed E-state index contributed by atoms with van der Waals surface area (Å²) in [6.45, 7) is 4.41. The minimum absolute atomic E-state index is 0.170. The first kappa shape index (κ1) is 20.0. The van der Waals surface area contributed by atoms with Crippen molar-refractivity contribution < 1.29 is 4.79 Å². The van der Waals surface area contributed by atoms with Gasteiger partial charge in [-0.3, -0.25) is 4.79 Å². The van der Waals surface area contributed by atoms with Crippen LogP contribution in [0.25, 0.3) is 16.5 Å². The fraction of sp³-hybridized carbons (Fsp3) is 0.417. The molecule has 0 bridgehead atoms. The van der Waals surface area contributed by atoms with Crippen molar-refractivity contribution in [3.8, 4) is 6.07 Å². The average Bonchev–Trinajstić information content (AvgIpc) is 2.76. The Balaban J connectivity index is 1.75. The topological polar surface area (TPSA) is 64.9 Å². The Kier molecular flexibility index (Phi) is 6.22. The third kappa shape index (κ3) is 3.92. The molecule has 0 spiro atoms. The van der Waals surface area contributed by atoms with Gasteiger partial charge in [0.2, 0.25) is 5.78 Å². The number of benzene rings is 2. The van der Waals surface area contributed by atoms with Crippen LogP contribution in [0.5, 0.6) is 0 Å². The monoisotopic (exact) mass is 405 g/mol. The van der Waals surface area contributed by atoms with Gasteiger partial charge in [0.05, 0.1) is 5.70 Å². The molecule has 2 aliphatic rings. The summed E-state index contributed by atoms with van der Waals surface area (Å²) < 4.78 is 0. The third-order valence-corrected chi connectivity index (χ3v) is 7.22. The number of hydrogen-bond donors (Lipinski definition) is 2. The molecule has 0 saturated heterocycles. The molecular weight excluding hydrogens is 378 g/mol. The summed E-state index contributed by atoms with van der Waals surface area (Å²) >= 11 is 1.96. The number of thioether (sulfide) groups is 1. The molecule has 0 atom stereocenters. The van der Waals surface area contributed by atoms with E-state index in [0.29, 0.717) is 23.1 Å². The lowest BCUT2D eigenvalue weighted by Gasteiger charge is -2.25. The molecule has 2 N–H and O–H groups in total. The fourth-order valence-electron chi connectivity index (χ4n) is 4.37. The molecule has 0 unspecified atom stereocenters. The third-order valence-electron chi connectivity index (χ3n) is 5.80. The maximum absolute atomic E-state index is 13.1. The van der Waals surface area contributed by atoms with Crippen LogP contribution in [0.15, 0.2) is 40.8 Å². The Morgan fingerprint density at radius 3 is 2.69 bits per heavy atom. The van der Waals surface area contributed by atoms with Gasteiger partial charge in [-0.2, -0.15) is 5.26 Å². The molecule has 0 aromatic heterocycles. The van der Waals surface area contributed by atoms with E-state index < -0.39 is 0 Å². The zero-order valence-corrected chi connectivity index (χ0v) is 17.7. The van der Waals surface area contributed by atoms with Crippen molar-refractivity contribution >= 4 is 34.0 Å². The molecule has 0 amide bonds. The predicted octanol–water partition coefficient (Wildman–Crippen LogP) is 4.89. The van der Waals surface area contributed by atoms with Crippen molar-refractivity contribution in [3.63, 3.8) is 0 Å². The molecule has 0 aliphatic heterocycles. The minimum atomic E-state index is -0.170. The van der Waals surface area contributed by atoms with Gasteiger partial charge in [-0.15, -0.1) is 11.8 Å². The zero-order chi connectivity index (χ0) is 20.2. The Bertz CT molecular complexity index is 999. The van der Waals surface area contributed by atoms with E-state index in [4.69, 9.17) is 0 Å². The molecule has 4 nitrogen and oxygen atoms in total. The lowest BCUT2D eigenvalue weighted by Crippen LogP contribution is -2.29. The minimum Gasteiger partial charge on any atom is -0.382 e. The van der Waals surface area contributed by atoms with Crippen LogP contribution in [0.3, 0.4) is 0 Å². The number of carbonyl (C=O) groups excluding carboxylic acids is 1. The van der Waals surface area contributed by atoms with E-state index in [-0.39, 0.29) is 11.4 Å². The number of rotatable bonds is 7. The lowest BCUT2D eigenvalue weighted by molar-refractivity contribution is 0.104. The lowest BCUT2D eigenvalue weighted by atomic mass is 9.86. The van der Waals surface area contributed by atoms with Crippen LogP contribution in [-0.2, 0) is 0 Å². The number of nitrogens with zero attached hydrogens (tertiary/aromatic N) is 1. The smallest absolute Gasteiger partial charge is 0.206 e. The van der Waals surface area contributed by atoms with E-state index >= 15 is 0 Å². The van der Waals surface area contributed by atoms with Gasteiger partial charge < -0.3 is 10.6 Å². The van der Waals surface area contributed by atoms with Gasteiger partial charge >= 0.3 is 0 Å². The Morgan fingerprint density at radius 1 is 1.10 bits per heavy atom. The highest BCUT2D eigenvalue weighted by Crippen LogP contribution is 2.42. The highest BCUT2D eigenvalue weighted by molar-refractivity contribution is 8.00. The van der Waals surface area contributed by atoms with Crippen molar-refractivity contribution in [2.24, 2.45) is 0 Å². The summed E-state index contributed by atoms with van der Waals surface area (Å²) in [6.07, 6.45) is 6.50. The molecule has 1 saturated carbocycles. The van der Waals surface area contributed by atoms with Crippen molar-refractivity contribution in [2.45, 2.75) is 49.2 Å². The second kappa shape index (κ2) is 9.02. The van der Waals surface area contributed by atoms with E-state index in [9.17, 15) is 10.1 Å². The summed E-state index contributed by atoms with van der Waals surface area (Å²) in [5.74, 6) is -0.170. The molecule has 2 aromatic rings. The van der Waals surface area contributed by atoms with Crippen molar-refractivity contribution in [1.29, 1.82) is 5.26 Å². The van der Waals surface area contributed by atoms with Crippen LogP contribution in [0, 0.1) is 11.3 Å². The normalized spacial score (nSPS) is 16.9. The first-order chi connectivity index (χ1) is 14.2. The molecule has 0 heterocycles. The number of allylic oxidation sites excluding steroid dienone is 1. The number of hydrogen-bond acceptors (Lipinski definition) is 5. The highest BCUT2D eigenvalue weighted by Gasteiger charge is 2.29. The number of nitrogens with one attached hydrogen (secondary N) is 2. The van der Waals surface area contributed by atoms with Gasteiger partial charge in [-0.25, -0.2) is 0 Å². The summed E-state index contributed by atoms with van der Waals surface area (Å²) in [5.41, 5.74) is 2.51. The Morgan fingerprint density at radius 2 is 1.93 bits per heavy atom. The molecular formula is C24H27N3OS. The molecule has 1 fully saturated rings.